The molecule has 1 fully saturated rings. The molecule has 31 heavy (non-hydrogen) atoms. The lowest BCUT2D eigenvalue weighted by atomic mass is 10.0. The van der Waals surface area contributed by atoms with Crippen LogP contribution in [0.4, 0.5) is 5.69 Å². The maximum atomic E-state index is 13.5. The molecule has 2 atom stereocenters. The van der Waals surface area contributed by atoms with Crippen molar-refractivity contribution in [2.45, 2.75) is 43.0 Å². The van der Waals surface area contributed by atoms with Gasteiger partial charge in [-0.1, -0.05) is 36.2 Å². The van der Waals surface area contributed by atoms with Crippen molar-refractivity contribution in [2.75, 3.05) is 24.5 Å². The van der Waals surface area contributed by atoms with Crippen molar-refractivity contribution >= 4 is 44.9 Å². The molecule has 6 nitrogen and oxygen atoms in total. The van der Waals surface area contributed by atoms with E-state index in [4.69, 9.17) is 23.2 Å². The summed E-state index contributed by atoms with van der Waals surface area (Å²) < 4.78 is 28.5. The van der Waals surface area contributed by atoms with Crippen molar-refractivity contribution in [1.29, 1.82) is 0 Å². The van der Waals surface area contributed by atoms with Crippen LogP contribution in [0.2, 0.25) is 10.0 Å². The lowest BCUT2D eigenvalue weighted by molar-refractivity contribution is -0.138. The predicted octanol–water partition coefficient (Wildman–Crippen LogP) is 4.40. The van der Waals surface area contributed by atoms with Gasteiger partial charge in [-0.2, -0.15) is 4.31 Å². The van der Waals surface area contributed by atoms with E-state index in [1.165, 1.54) is 0 Å². The summed E-state index contributed by atoms with van der Waals surface area (Å²) >= 11 is 12.2. The Morgan fingerprint density at radius 1 is 1.13 bits per heavy atom. The number of aryl methyl sites for hydroxylation is 1. The van der Waals surface area contributed by atoms with Crippen molar-refractivity contribution in [3.05, 3.63) is 57.6 Å². The first-order valence-electron chi connectivity index (χ1n) is 10.3. The first-order valence-corrected chi connectivity index (χ1v) is 12.5. The summed E-state index contributed by atoms with van der Waals surface area (Å²) in [6.07, 6.45) is 1.82. The van der Waals surface area contributed by atoms with Crippen molar-refractivity contribution in [1.82, 2.24) is 4.31 Å². The summed E-state index contributed by atoms with van der Waals surface area (Å²) in [6, 6.07) is 10.2. The van der Waals surface area contributed by atoms with Crippen LogP contribution in [0.1, 0.15) is 36.8 Å². The molecule has 1 aliphatic heterocycles. The molecule has 0 radical (unpaired) electrons. The summed E-state index contributed by atoms with van der Waals surface area (Å²) in [7, 11) is -3.75. The topological polar surface area (TPSA) is 77.9 Å². The van der Waals surface area contributed by atoms with Crippen LogP contribution >= 0.6 is 23.2 Å². The molecular formula is C22H24Cl2N2O4S. The highest BCUT2D eigenvalue weighted by Gasteiger charge is 2.37. The van der Waals surface area contributed by atoms with E-state index in [1.807, 2.05) is 13.0 Å². The summed E-state index contributed by atoms with van der Waals surface area (Å²) in [5.74, 6) is -1.55. The van der Waals surface area contributed by atoms with Gasteiger partial charge in [0.1, 0.15) is 0 Å². The van der Waals surface area contributed by atoms with Gasteiger partial charge in [-0.3, -0.25) is 4.79 Å². The van der Waals surface area contributed by atoms with Gasteiger partial charge in [-0.15, -0.1) is 0 Å². The minimum atomic E-state index is -3.75. The second kappa shape index (κ2) is 8.62. The third-order valence-electron chi connectivity index (χ3n) is 6.27. The van der Waals surface area contributed by atoms with E-state index in [1.54, 1.807) is 34.6 Å². The Morgan fingerprint density at radius 3 is 2.58 bits per heavy atom. The van der Waals surface area contributed by atoms with Gasteiger partial charge in [0.25, 0.3) is 0 Å². The van der Waals surface area contributed by atoms with E-state index in [-0.39, 0.29) is 10.9 Å². The van der Waals surface area contributed by atoms with Gasteiger partial charge in [0, 0.05) is 31.4 Å². The number of carboxylic acids is 1. The molecule has 0 amide bonds. The molecule has 0 bridgehead atoms. The number of sulfonamides is 1. The largest absolute Gasteiger partial charge is 0.481 e. The van der Waals surface area contributed by atoms with Crippen LogP contribution in [-0.2, 0) is 21.2 Å². The monoisotopic (exact) mass is 482 g/mol. The van der Waals surface area contributed by atoms with E-state index in [0.717, 1.165) is 11.3 Å². The van der Waals surface area contributed by atoms with Crippen molar-refractivity contribution < 1.29 is 18.3 Å². The van der Waals surface area contributed by atoms with Gasteiger partial charge in [-0.25, -0.2) is 8.42 Å². The summed E-state index contributed by atoms with van der Waals surface area (Å²) in [5.41, 5.74) is 2.45. The fourth-order valence-electron chi connectivity index (χ4n) is 4.54. The summed E-state index contributed by atoms with van der Waals surface area (Å²) in [5, 5.41) is 10.4. The number of fused-ring (bicyclic) bond motifs is 1. The molecule has 4 rings (SSSR count). The Morgan fingerprint density at radius 2 is 1.90 bits per heavy atom. The first-order chi connectivity index (χ1) is 14.7. The van der Waals surface area contributed by atoms with Gasteiger partial charge in [0.15, 0.2) is 0 Å². The van der Waals surface area contributed by atoms with Gasteiger partial charge in [-0.05, 0) is 60.7 Å². The number of rotatable bonds is 5. The highest BCUT2D eigenvalue weighted by Crippen LogP contribution is 2.36. The number of piperazine rings is 1. The van der Waals surface area contributed by atoms with Crippen LogP contribution in [0.15, 0.2) is 41.3 Å². The molecule has 1 aliphatic carbocycles. The van der Waals surface area contributed by atoms with Crippen molar-refractivity contribution in [2.24, 2.45) is 0 Å². The zero-order valence-corrected chi connectivity index (χ0v) is 19.4. The average molecular weight is 483 g/mol. The van der Waals surface area contributed by atoms with E-state index in [9.17, 15) is 18.3 Å². The number of hydrogen-bond donors (Lipinski definition) is 1. The Labute approximate surface area is 192 Å². The summed E-state index contributed by atoms with van der Waals surface area (Å²) in [4.78, 5) is 13.8. The number of carboxylic acid groups (broad SMARTS) is 1. The fourth-order valence-corrected chi connectivity index (χ4v) is 6.55. The number of aliphatic carboxylic acids is 1. The number of hydrogen-bond acceptors (Lipinski definition) is 4. The minimum Gasteiger partial charge on any atom is -0.481 e. The molecule has 0 aromatic heterocycles. The zero-order valence-electron chi connectivity index (χ0n) is 17.1. The molecule has 0 saturated carbocycles. The van der Waals surface area contributed by atoms with E-state index >= 15 is 0 Å². The normalized spacial score (nSPS) is 21.8. The lowest BCUT2D eigenvalue weighted by Crippen LogP contribution is -2.55. The van der Waals surface area contributed by atoms with Gasteiger partial charge in [0.05, 0.1) is 20.9 Å². The smallest absolute Gasteiger partial charge is 0.310 e. The van der Waals surface area contributed by atoms with Crippen LogP contribution in [0.5, 0.6) is 0 Å². The van der Waals surface area contributed by atoms with Gasteiger partial charge >= 0.3 is 5.97 Å². The summed E-state index contributed by atoms with van der Waals surface area (Å²) in [6.45, 7) is 3.36. The average Bonchev–Trinajstić information content (AvgIpc) is 3.18. The molecule has 166 valence electrons. The molecular weight excluding hydrogens is 459 g/mol. The first kappa shape index (κ1) is 22.4. The SMILES string of the molecule is CCC1CN(c2ccc(Cl)c(Cl)c2)CCN1S(=O)(=O)c1ccc2c(c1)C(C(=O)O)CC2. The number of benzene rings is 2. The third kappa shape index (κ3) is 4.16. The third-order valence-corrected chi connectivity index (χ3v) is 8.95. The Hall–Kier alpha value is -1.80. The molecule has 9 heteroatoms. The molecule has 2 unspecified atom stereocenters. The highest BCUT2D eigenvalue weighted by atomic mass is 35.5. The number of halogens is 2. The highest BCUT2D eigenvalue weighted by molar-refractivity contribution is 7.89. The second-order valence-corrected chi connectivity index (χ2v) is 10.7. The zero-order chi connectivity index (χ0) is 22.3. The van der Waals surface area contributed by atoms with Crippen LogP contribution in [-0.4, -0.2) is 49.5 Å². The predicted molar refractivity (Wildman–Crippen MR) is 122 cm³/mol. The van der Waals surface area contributed by atoms with Crippen LogP contribution in [0, 0.1) is 0 Å². The molecule has 2 aliphatic rings. The molecule has 1 heterocycles. The van der Waals surface area contributed by atoms with Crippen LogP contribution in [0.25, 0.3) is 0 Å². The van der Waals surface area contributed by atoms with E-state index in [2.05, 4.69) is 4.90 Å². The molecule has 2 aromatic carbocycles. The Kier molecular flexibility index (Phi) is 6.23. The molecule has 2 aromatic rings. The fraction of sp³-hybridized carbons (Fsp3) is 0.409. The Balaban J connectivity index is 1.60. The maximum Gasteiger partial charge on any atom is 0.310 e. The Bertz CT molecular complexity index is 1120. The van der Waals surface area contributed by atoms with E-state index < -0.39 is 21.9 Å². The number of carbonyl (C=O) groups is 1. The van der Waals surface area contributed by atoms with Gasteiger partial charge in [0.2, 0.25) is 10.0 Å². The molecule has 1 N–H and O–H groups in total. The maximum absolute atomic E-state index is 13.5. The lowest BCUT2D eigenvalue weighted by Gasteiger charge is -2.41. The minimum absolute atomic E-state index is 0.167. The number of nitrogens with zero attached hydrogens (tertiary/aromatic N) is 2. The second-order valence-electron chi connectivity index (χ2n) is 8.01. The van der Waals surface area contributed by atoms with Crippen LogP contribution in [0.3, 0.4) is 0 Å². The quantitative estimate of drug-likeness (QED) is 0.683. The van der Waals surface area contributed by atoms with Crippen molar-refractivity contribution in [3.8, 4) is 0 Å². The van der Waals surface area contributed by atoms with Gasteiger partial charge < -0.3 is 10.0 Å². The van der Waals surface area contributed by atoms with Crippen LogP contribution < -0.4 is 4.90 Å². The van der Waals surface area contributed by atoms with E-state index in [0.29, 0.717) is 54.5 Å². The van der Waals surface area contributed by atoms with Crippen molar-refractivity contribution in [3.63, 3.8) is 0 Å². The number of anilines is 1. The molecule has 0 spiro atoms. The standard InChI is InChI=1S/C22H24Cl2N2O4S/c1-2-15-13-25(16-5-8-20(23)21(24)11-16)9-10-26(15)31(29,30)17-6-3-14-4-7-18(22(27)28)19(14)12-17/h3,5-6,8,11-12,15,18H,2,4,7,9-10,13H2,1H3,(H,27,28). The molecule has 1 saturated heterocycles.